The summed E-state index contributed by atoms with van der Waals surface area (Å²) in [4.78, 5) is 10.9. The third kappa shape index (κ3) is 3.17. The van der Waals surface area contributed by atoms with E-state index in [9.17, 15) is 31.1 Å². The van der Waals surface area contributed by atoms with E-state index in [4.69, 9.17) is 0 Å². The summed E-state index contributed by atoms with van der Waals surface area (Å²) in [6.45, 7) is 5.15. The SMILES string of the molecule is C=C(C)C(=O)OC(F)(CCC)C(F)(F)C(F)(F)F. The molecule has 1 unspecified atom stereocenters. The first-order valence-electron chi connectivity index (χ1n) is 4.91. The Labute approximate surface area is 99.6 Å². The van der Waals surface area contributed by atoms with Crippen molar-refractivity contribution in [2.24, 2.45) is 0 Å². The standard InChI is InChI=1S/C10H12F6O2/c1-4-5-8(11,18-7(17)6(2)3)9(12,13)10(14,15)16/h2,4-5H2,1,3H3. The number of carbonyl (C=O) groups excluding carboxylic acids is 1. The third-order valence-corrected chi connectivity index (χ3v) is 2.00. The Morgan fingerprint density at radius 1 is 1.17 bits per heavy atom. The molecule has 0 spiro atoms. The first-order chi connectivity index (χ1) is 7.89. The maximum Gasteiger partial charge on any atom is 0.460 e. The Hall–Kier alpha value is -1.21. The van der Waals surface area contributed by atoms with Crippen LogP contribution in [-0.2, 0) is 9.53 Å². The molecule has 0 aromatic carbocycles. The van der Waals surface area contributed by atoms with Crippen molar-refractivity contribution < 1.29 is 35.9 Å². The second-order valence-electron chi connectivity index (χ2n) is 3.72. The van der Waals surface area contributed by atoms with E-state index < -0.39 is 35.9 Å². The summed E-state index contributed by atoms with van der Waals surface area (Å²) in [5.74, 6) is -11.9. The molecule has 0 N–H and O–H groups in total. The highest BCUT2D eigenvalue weighted by atomic mass is 19.4. The van der Waals surface area contributed by atoms with Crippen molar-refractivity contribution in [1.29, 1.82) is 0 Å². The van der Waals surface area contributed by atoms with Crippen molar-refractivity contribution >= 4 is 5.97 Å². The van der Waals surface area contributed by atoms with Gasteiger partial charge >= 0.3 is 23.9 Å². The number of rotatable bonds is 5. The zero-order valence-corrected chi connectivity index (χ0v) is 9.71. The van der Waals surface area contributed by atoms with Crippen molar-refractivity contribution in [1.82, 2.24) is 0 Å². The molecule has 0 saturated heterocycles. The van der Waals surface area contributed by atoms with Gasteiger partial charge in [0.15, 0.2) is 0 Å². The molecule has 0 aliphatic heterocycles. The minimum atomic E-state index is -6.16. The van der Waals surface area contributed by atoms with E-state index in [1.54, 1.807) is 0 Å². The van der Waals surface area contributed by atoms with Gasteiger partial charge in [0, 0.05) is 12.0 Å². The minimum absolute atomic E-state index is 0.369. The van der Waals surface area contributed by atoms with Crippen LogP contribution < -0.4 is 0 Å². The molecule has 0 heterocycles. The first-order valence-corrected chi connectivity index (χ1v) is 4.91. The van der Waals surface area contributed by atoms with Crippen LogP contribution in [0.3, 0.4) is 0 Å². The Bertz CT molecular complexity index is 336. The Morgan fingerprint density at radius 3 is 1.89 bits per heavy atom. The van der Waals surface area contributed by atoms with Crippen LogP contribution in [0.1, 0.15) is 26.7 Å². The quantitative estimate of drug-likeness (QED) is 0.434. The van der Waals surface area contributed by atoms with Crippen molar-refractivity contribution in [2.45, 2.75) is 44.6 Å². The van der Waals surface area contributed by atoms with Gasteiger partial charge < -0.3 is 4.74 Å². The molecule has 0 aromatic rings. The summed E-state index contributed by atoms with van der Waals surface area (Å²) < 4.78 is 79.6. The van der Waals surface area contributed by atoms with Gasteiger partial charge in [-0.15, -0.1) is 0 Å². The predicted octanol–water partition coefficient (Wildman–Crippen LogP) is 3.77. The maximum absolute atomic E-state index is 13.7. The van der Waals surface area contributed by atoms with E-state index in [-0.39, 0.29) is 6.42 Å². The lowest BCUT2D eigenvalue weighted by Crippen LogP contribution is -2.56. The highest BCUT2D eigenvalue weighted by Gasteiger charge is 2.73. The molecule has 8 heteroatoms. The molecule has 18 heavy (non-hydrogen) atoms. The molecule has 1 atom stereocenters. The molecule has 0 rings (SSSR count). The number of alkyl halides is 6. The summed E-state index contributed by atoms with van der Waals surface area (Å²) >= 11 is 0. The molecule has 0 fully saturated rings. The highest BCUT2D eigenvalue weighted by molar-refractivity contribution is 5.87. The van der Waals surface area contributed by atoms with E-state index in [2.05, 4.69) is 11.3 Å². The highest BCUT2D eigenvalue weighted by Crippen LogP contribution is 2.48. The fourth-order valence-electron chi connectivity index (χ4n) is 1.04. The average Bonchev–Trinajstić information content (AvgIpc) is 2.15. The number of hydrogen-bond donors (Lipinski definition) is 0. The molecule has 0 amide bonds. The number of halogens is 6. The fourth-order valence-corrected chi connectivity index (χ4v) is 1.04. The Morgan fingerprint density at radius 2 is 1.61 bits per heavy atom. The van der Waals surface area contributed by atoms with Crippen LogP contribution in [0.2, 0.25) is 0 Å². The maximum atomic E-state index is 13.7. The van der Waals surface area contributed by atoms with E-state index in [0.29, 0.717) is 0 Å². The van der Waals surface area contributed by atoms with Gasteiger partial charge in [-0.05, 0) is 13.3 Å². The molecule has 0 aromatic heterocycles. The van der Waals surface area contributed by atoms with Crippen LogP contribution in [0.4, 0.5) is 26.3 Å². The third-order valence-electron chi connectivity index (χ3n) is 2.00. The normalized spacial score (nSPS) is 16.0. The fraction of sp³-hybridized carbons (Fsp3) is 0.700. The summed E-state index contributed by atoms with van der Waals surface area (Å²) in [5.41, 5.74) is -0.480. The summed E-state index contributed by atoms with van der Waals surface area (Å²) in [7, 11) is 0. The lowest BCUT2D eigenvalue weighted by atomic mass is 10.0. The van der Waals surface area contributed by atoms with Crippen LogP contribution in [0.15, 0.2) is 12.2 Å². The van der Waals surface area contributed by atoms with Crippen LogP contribution >= 0.6 is 0 Å². The van der Waals surface area contributed by atoms with Gasteiger partial charge in [0.05, 0.1) is 0 Å². The van der Waals surface area contributed by atoms with Gasteiger partial charge in [-0.2, -0.15) is 26.3 Å². The van der Waals surface area contributed by atoms with E-state index in [1.165, 1.54) is 6.92 Å². The van der Waals surface area contributed by atoms with Crippen LogP contribution in [0.25, 0.3) is 0 Å². The smallest absolute Gasteiger partial charge is 0.418 e. The van der Waals surface area contributed by atoms with E-state index >= 15 is 0 Å². The topological polar surface area (TPSA) is 26.3 Å². The van der Waals surface area contributed by atoms with Crippen molar-refractivity contribution in [2.75, 3.05) is 0 Å². The molecule has 0 bridgehead atoms. The molecule has 0 aliphatic rings. The molecule has 0 radical (unpaired) electrons. The molecule has 0 saturated carbocycles. The predicted molar refractivity (Wildman–Crippen MR) is 50.7 cm³/mol. The monoisotopic (exact) mass is 278 g/mol. The largest absolute Gasteiger partial charge is 0.460 e. The van der Waals surface area contributed by atoms with Gasteiger partial charge in [0.2, 0.25) is 0 Å². The molecule has 2 nitrogen and oxygen atoms in total. The molecular formula is C10H12F6O2. The number of esters is 1. The van der Waals surface area contributed by atoms with Crippen molar-refractivity contribution in [3.05, 3.63) is 12.2 Å². The zero-order chi connectivity index (χ0) is 14.8. The van der Waals surface area contributed by atoms with Gasteiger partial charge in [-0.1, -0.05) is 13.5 Å². The number of ether oxygens (including phenoxy) is 1. The Kier molecular flexibility index (Phi) is 4.84. The van der Waals surface area contributed by atoms with Gasteiger partial charge in [-0.3, -0.25) is 0 Å². The second kappa shape index (κ2) is 5.19. The number of hydrogen-bond acceptors (Lipinski definition) is 2. The lowest BCUT2D eigenvalue weighted by molar-refractivity contribution is -0.374. The zero-order valence-electron chi connectivity index (χ0n) is 9.71. The first kappa shape index (κ1) is 16.8. The van der Waals surface area contributed by atoms with Gasteiger partial charge in [0.1, 0.15) is 0 Å². The molecular weight excluding hydrogens is 266 g/mol. The van der Waals surface area contributed by atoms with Gasteiger partial charge in [0.25, 0.3) is 0 Å². The second-order valence-corrected chi connectivity index (χ2v) is 3.72. The van der Waals surface area contributed by atoms with Crippen LogP contribution in [0.5, 0.6) is 0 Å². The van der Waals surface area contributed by atoms with Crippen LogP contribution in [-0.4, -0.2) is 23.9 Å². The van der Waals surface area contributed by atoms with Gasteiger partial charge in [-0.25, -0.2) is 4.79 Å². The average molecular weight is 278 g/mol. The summed E-state index contributed by atoms with van der Waals surface area (Å²) in [6, 6.07) is 0. The summed E-state index contributed by atoms with van der Waals surface area (Å²) in [6.07, 6.45) is -7.81. The van der Waals surface area contributed by atoms with Crippen molar-refractivity contribution in [3.8, 4) is 0 Å². The van der Waals surface area contributed by atoms with E-state index in [0.717, 1.165) is 6.92 Å². The number of carbonyl (C=O) groups is 1. The summed E-state index contributed by atoms with van der Waals surface area (Å²) in [5, 5.41) is 0. The van der Waals surface area contributed by atoms with Crippen molar-refractivity contribution in [3.63, 3.8) is 0 Å². The van der Waals surface area contributed by atoms with E-state index in [1.807, 2.05) is 0 Å². The lowest BCUT2D eigenvalue weighted by Gasteiger charge is -2.33. The minimum Gasteiger partial charge on any atom is -0.418 e. The molecule has 106 valence electrons. The molecule has 0 aliphatic carbocycles. The Balaban J connectivity index is 5.39. The van der Waals surface area contributed by atoms with Crippen LogP contribution in [0, 0.1) is 0 Å².